The van der Waals surface area contributed by atoms with Crippen LogP contribution in [0.2, 0.25) is 0 Å². The number of carbonyl (C=O) groups excluding carboxylic acids is 2. The van der Waals surface area contributed by atoms with E-state index in [0.29, 0.717) is 17.7 Å². The van der Waals surface area contributed by atoms with Gasteiger partial charge in [-0.3, -0.25) is 0 Å². The minimum Gasteiger partial charge on any atom is -0.465 e. The number of nitrogens with zero attached hydrogens (tertiary/aromatic N) is 3. The first-order chi connectivity index (χ1) is 23.5. The summed E-state index contributed by atoms with van der Waals surface area (Å²) in [5.74, 6) is 1.13. The highest BCUT2D eigenvalue weighted by molar-refractivity contribution is 7.98. The molecular weight excluding hydrogens is 619 g/mol. The third-order valence-corrected chi connectivity index (χ3v) is 9.28. The van der Waals surface area contributed by atoms with Crippen molar-refractivity contribution >= 4 is 23.7 Å². The highest BCUT2D eigenvalue weighted by Gasteiger charge is 2.13. The van der Waals surface area contributed by atoms with Crippen molar-refractivity contribution in [3.05, 3.63) is 125 Å². The molecule has 0 aliphatic carbocycles. The van der Waals surface area contributed by atoms with E-state index < -0.39 is 0 Å². The molecule has 0 N–H and O–H groups in total. The number of methoxy groups -OCH3 is 2. The fourth-order valence-electron chi connectivity index (χ4n) is 5.54. The van der Waals surface area contributed by atoms with E-state index in [1.165, 1.54) is 51.9 Å². The maximum atomic E-state index is 11.8. The standard InChI is InChI=1S/C40H43N3O4S/c1-4-5-6-7-8-9-10-37-41-40(48-28-30-13-17-32(18-14-30)34-21-25-36(26-22-34)39(45)47-3)42-43(37)27-29-11-15-31(16-12-29)33-19-23-35(24-20-33)38(44)46-2/h11-26H,4-10,27-28H2,1-3H3. The monoisotopic (exact) mass is 661 g/mol. The molecule has 0 amide bonds. The van der Waals surface area contributed by atoms with Gasteiger partial charge < -0.3 is 9.47 Å². The minimum absolute atomic E-state index is 0.334. The molecule has 5 aromatic rings. The summed E-state index contributed by atoms with van der Waals surface area (Å²) < 4.78 is 11.7. The normalized spacial score (nSPS) is 11.0. The summed E-state index contributed by atoms with van der Waals surface area (Å²) in [5.41, 5.74) is 7.70. The van der Waals surface area contributed by atoms with Gasteiger partial charge in [-0.1, -0.05) is 124 Å². The zero-order valence-corrected chi connectivity index (χ0v) is 28.8. The SMILES string of the molecule is CCCCCCCCc1nc(SCc2ccc(-c3ccc(C(=O)OC)cc3)cc2)nn1Cc1ccc(-c2ccc(C(=O)OC)cc2)cc1. The van der Waals surface area contributed by atoms with E-state index in [-0.39, 0.29) is 11.9 Å². The fraction of sp³-hybridized carbons (Fsp3) is 0.300. The molecule has 1 aromatic heterocycles. The van der Waals surface area contributed by atoms with Gasteiger partial charge in [0.25, 0.3) is 0 Å². The number of ether oxygens (including phenoxy) is 2. The van der Waals surface area contributed by atoms with Crippen molar-refractivity contribution < 1.29 is 19.1 Å². The van der Waals surface area contributed by atoms with E-state index >= 15 is 0 Å². The second kappa shape index (κ2) is 17.5. The number of hydrogen-bond acceptors (Lipinski definition) is 7. The van der Waals surface area contributed by atoms with Crippen molar-refractivity contribution in [2.24, 2.45) is 0 Å². The molecule has 0 unspecified atom stereocenters. The van der Waals surface area contributed by atoms with Crippen molar-refractivity contribution in [3.8, 4) is 22.3 Å². The summed E-state index contributed by atoms with van der Waals surface area (Å²) in [4.78, 5) is 28.5. The largest absolute Gasteiger partial charge is 0.465 e. The predicted octanol–water partition coefficient (Wildman–Crippen LogP) is 9.43. The first kappa shape index (κ1) is 34.6. The van der Waals surface area contributed by atoms with Gasteiger partial charge in [-0.15, -0.1) is 5.10 Å². The lowest BCUT2D eigenvalue weighted by atomic mass is 10.0. The van der Waals surface area contributed by atoms with Gasteiger partial charge in [0.15, 0.2) is 0 Å². The lowest BCUT2D eigenvalue weighted by Gasteiger charge is -2.08. The number of hydrogen-bond donors (Lipinski definition) is 0. The number of carbonyl (C=O) groups is 2. The van der Waals surface area contributed by atoms with Crippen molar-refractivity contribution in [2.45, 2.75) is 69.3 Å². The number of thioether (sulfide) groups is 1. The number of benzene rings is 4. The van der Waals surface area contributed by atoms with Crippen LogP contribution in [0.3, 0.4) is 0 Å². The Hall–Kier alpha value is -4.69. The van der Waals surface area contributed by atoms with Crippen molar-refractivity contribution in [1.29, 1.82) is 0 Å². The van der Waals surface area contributed by atoms with Gasteiger partial charge in [-0.2, -0.15) is 0 Å². The molecule has 248 valence electrons. The van der Waals surface area contributed by atoms with Gasteiger partial charge in [0.05, 0.1) is 31.9 Å². The summed E-state index contributed by atoms with van der Waals surface area (Å²) in [6.45, 7) is 2.90. The topological polar surface area (TPSA) is 83.3 Å². The highest BCUT2D eigenvalue weighted by atomic mass is 32.2. The maximum absolute atomic E-state index is 11.8. The Morgan fingerprint density at radius 2 is 1.08 bits per heavy atom. The van der Waals surface area contributed by atoms with Crippen LogP contribution in [0, 0.1) is 0 Å². The molecule has 0 radical (unpaired) electrons. The first-order valence-electron chi connectivity index (χ1n) is 16.6. The van der Waals surface area contributed by atoms with Gasteiger partial charge in [-0.05, 0) is 64.1 Å². The number of aryl methyl sites for hydroxylation is 1. The molecule has 8 heteroatoms. The lowest BCUT2D eigenvalue weighted by molar-refractivity contribution is 0.0592. The predicted molar refractivity (Wildman–Crippen MR) is 192 cm³/mol. The first-order valence-corrected chi connectivity index (χ1v) is 17.6. The van der Waals surface area contributed by atoms with E-state index in [0.717, 1.165) is 57.4 Å². The Labute approximate surface area is 287 Å². The molecule has 0 aliphatic rings. The van der Waals surface area contributed by atoms with Crippen LogP contribution in [0.15, 0.2) is 102 Å². The van der Waals surface area contributed by atoms with Gasteiger partial charge in [0, 0.05) is 12.2 Å². The van der Waals surface area contributed by atoms with Crippen molar-refractivity contribution in [1.82, 2.24) is 14.8 Å². The zero-order chi connectivity index (χ0) is 33.7. The molecule has 0 atom stereocenters. The van der Waals surface area contributed by atoms with Crippen molar-refractivity contribution in [3.63, 3.8) is 0 Å². The van der Waals surface area contributed by atoms with Crippen LogP contribution in [0.5, 0.6) is 0 Å². The maximum Gasteiger partial charge on any atom is 0.337 e. The Bertz CT molecular complexity index is 1760. The summed E-state index contributed by atoms with van der Waals surface area (Å²) >= 11 is 1.66. The summed E-state index contributed by atoms with van der Waals surface area (Å²) in [6.07, 6.45) is 8.32. The van der Waals surface area contributed by atoms with Gasteiger partial charge in [0.1, 0.15) is 5.82 Å². The van der Waals surface area contributed by atoms with Crippen LogP contribution in [0.4, 0.5) is 0 Å². The second-order valence-electron chi connectivity index (χ2n) is 11.8. The van der Waals surface area contributed by atoms with Gasteiger partial charge in [0.2, 0.25) is 5.16 Å². The quantitative estimate of drug-likeness (QED) is 0.0592. The Balaban J connectivity index is 1.24. The van der Waals surface area contributed by atoms with E-state index in [1.807, 2.05) is 24.3 Å². The third kappa shape index (κ3) is 9.44. The molecule has 0 saturated heterocycles. The molecule has 0 bridgehead atoms. The molecule has 0 fully saturated rings. The molecule has 0 spiro atoms. The second-order valence-corrected chi connectivity index (χ2v) is 12.7. The molecular formula is C40H43N3O4S. The van der Waals surface area contributed by atoms with Crippen LogP contribution >= 0.6 is 11.8 Å². The van der Waals surface area contributed by atoms with E-state index in [9.17, 15) is 9.59 Å². The summed E-state index contributed by atoms with van der Waals surface area (Å²) in [7, 11) is 2.78. The van der Waals surface area contributed by atoms with Crippen molar-refractivity contribution in [2.75, 3.05) is 14.2 Å². The molecule has 0 saturated carbocycles. The van der Waals surface area contributed by atoms with E-state index in [2.05, 4.69) is 60.1 Å². The minimum atomic E-state index is -0.335. The van der Waals surface area contributed by atoms with Crippen LogP contribution in [-0.2, 0) is 28.2 Å². The number of esters is 2. The number of aromatic nitrogens is 3. The summed E-state index contributed by atoms with van der Waals surface area (Å²) in [6, 6.07) is 31.9. The molecule has 48 heavy (non-hydrogen) atoms. The van der Waals surface area contributed by atoms with Gasteiger partial charge in [-0.25, -0.2) is 19.3 Å². The van der Waals surface area contributed by atoms with Crippen LogP contribution < -0.4 is 0 Å². The highest BCUT2D eigenvalue weighted by Crippen LogP contribution is 2.26. The van der Waals surface area contributed by atoms with Crippen LogP contribution in [-0.4, -0.2) is 40.9 Å². The molecule has 0 aliphatic heterocycles. The average Bonchev–Trinajstić information content (AvgIpc) is 3.53. The Morgan fingerprint density at radius 3 is 1.58 bits per heavy atom. The average molecular weight is 662 g/mol. The smallest absolute Gasteiger partial charge is 0.337 e. The van der Waals surface area contributed by atoms with E-state index in [1.54, 1.807) is 36.0 Å². The number of rotatable bonds is 16. The lowest BCUT2D eigenvalue weighted by Crippen LogP contribution is -2.07. The Morgan fingerprint density at radius 1 is 0.625 bits per heavy atom. The van der Waals surface area contributed by atoms with E-state index in [4.69, 9.17) is 19.6 Å². The number of unbranched alkanes of at least 4 members (excludes halogenated alkanes) is 5. The summed E-state index contributed by atoms with van der Waals surface area (Å²) in [5, 5.41) is 5.74. The zero-order valence-electron chi connectivity index (χ0n) is 28.0. The van der Waals surface area contributed by atoms with Crippen LogP contribution in [0.25, 0.3) is 22.3 Å². The van der Waals surface area contributed by atoms with Crippen LogP contribution in [0.1, 0.15) is 83.1 Å². The molecule has 4 aromatic carbocycles. The van der Waals surface area contributed by atoms with Gasteiger partial charge >= 0.3 is 11.9 Å². The molecule has 7 nitrogen and oxygen atoms in total. The third-order valence-electron chi connectivity index (χ3n) is 8.37. The fourth-order valence-corrected chi connectivity index (χ4v) is 6.35. The molecule has 1 heterocycles. The Kier molecular flexibility index (Phi) is 12.6. The molecule has 5 rings (SSSR count).